The van der Waals surface area contributed by atoms with Crippen LogP contribution in [0.25, 0.3) is 0 Å². The number of nitrogens with zero attached hydrogens (tertiary/aromatic N) is 2. The lowest BCUT2D eigenvalue weighted by molar-refractivity contribution is 0.0941. The van der Waals surface area contributed by atoms with Crippen molar-refractivity contribution in [2.24, 2.45) is 0 Å². The normalized spacial score (nSPS) is 13.4. The van der Waals surface area contributed by atoms with Gasteiger partial charge < -0.3 is 11.1 Å². The van der Waals surface area contributed by atoms with Crippen molar-refractivity contribution >= 4 is 22.9 Å². The third-order valence-electron chi connectivity index (χ3n) is 3.60. The van der Waals surface area contributed by atoms with Crippen molar-refractivity contribution in [2.45, 2.75) is 39.3 Å². The molecule has 1 aliphatic rings. The molecule has 1 aliphatic carbocycles. The molecule has 20 heavy (non-hydrogen) atoms. The molecule has 1 amide bonds. The van der Waals surface area contributed by atoms with Crippen molar-refractivity contribution < 1.29 is 4.79 Å². The van der Waals surface area contributed by atoms with E-state index < -0.39 is 0 Å². The average Bonchev–Trinajstić information content (AvgIpc) is 3.09. The molecular weight excluding hydrogens is 272 g/mol. The van der Waals surface area contributed by atoms with Gasteiger partial charge in [-0.1, -0.05) is 0 Å². The van der Waals surface area contributed by atoms with Crippen LogP contribution in [0.4, 0.5) is 5.69 Å². The number of fused-ring (bicyclic) bond motifs is 1. The second-order valence-corrected chi connectivity index (χ2v) is 6.18. The van der Waals surface area contributed by atoms with E-state index in [4.69, 9.17) is 5.73 Å². The quantitative estimate of drug-likeness (QED) is 0.904. The van der Waals surface area contributed by atoms with Gasteiger partial charge >= 0.3 is 0 Å². The van der Waals surface area contributed by atoms with Crippen LogP contribution >= 0.6 is 11.3 Å². The molecule has 0 fully saturated rings. The number of thiophene rings is 1. The van der Waals surface area contributed by atoms with Gasteiger partial charge in [-0.25, -0.2) is 0 Å². The van der Waals surface area contributed by atoms with Gasteiger partial charge in [-0.3, -0.25) is 9.48 Å². The third kappa shape index (κ3) is 2.31. The number of nitrogens with one attached hydrogen (secondary N) is 1. The van der Waals surface area contributed by atoms with Crippen LogP contribution in [0.3, 0.4) is 0 Å². The maximum absolute atomic E-state index is 12.2. The SMILES string of the molecule is CCn1ncc(N)c1C(=O)NCc1cc2c(s1)CCC2. The maximum atomic E-state index is 12.2. The van der Waals surface area contributed by atoms with Crippen molar-refractivity contribution in [2.75, 3.05) is 5.73 Å². The van der Waals surface area contributed by atoms with Crippen LogP contribution in [0.2, 0.25) is 0 Å². The Kier molecular flexibility index (Phi) is 3.48. The van der Waals surface area contributed by atoms with Gasteiger partial charge in [0, 0.05) is 16.3 Å². The number of amides is 1. The minimum Gasteiger partial charge on any atom is -0.396 e. The van der Waals surface area contributed by atoms with Gasteiger partial charge in [0.15, 0.2) is 0 Å². The molecule has 106 valence electrons. The van der Waals surface area contributed by atoms with E-state index in [1.54, 1.807) is 16.0 Å². The Labute approximate surface area is 121 Å². The number of aromatic nitrogens is 2. The summed E-state index contributed by atoms with van der Waals surface area (Å²) in [5.41, 5.74) is 8.14. The van der Waals surface area contributed by atoms with E-state index in [0.717, 1.165) is 0 Å². The molecule has 0 aromatic carbocycles. The molecule has 0 spiro atoms. The molecule has 0 radical (unpaired) electrons. The fourth-order valence-corrected chi connectivity index (χ4v) is 3.82. The van der Waals surface area contributed by atoms with Crippen LogP contribution < -0.4 is 11.1 Å². The topological polar surface area (TPSA) is 72.9 Å². The Bertz CT molecular complexity index is 622. The second kappa shape index (κ2) is 5.28. The van der Waals surface area contributed by atoms with Gasteiger partial charge in [0.2, 0.25) is 0 Å². The van der Waals surface area contributed by atoms with Crippen molar-refractivity contribution in [3.05, 3.63) is 33.3 Å². The molecule has 2 aromatic rings. The zero-order chi connectivity index (χ0) is 14.1. The number of nitrogen functional groups attached to an aromatic ring is 1. The first-order valence-electron chi connectivity index (χ1n) is 6.89. The van der Waals surface area contributed by atoms with Gasteiger partial charge in [-0.05, 0) is 37.8 Å². The van der Waals surface area contributed by atoms with Crippen LogP contribution in [0.15, 0.2) is 12.3 Å². The lowest BCUT2D eigenvalue weighted by Crippen LogP contribution is -2.26. The number of hydrogen-bond donors (Lipinski definition) is 2. The van der Waals surface area contributed by atoms with Gasteiger partial charge in [-0.15, -0.1) is 11.3 Å². The second-order valence-electron chi connectivity index (χ2n) is 4.96. The highest BCUT2D eigenvalue weighted by Crippen LogP contribution is 2.30. The summed E-state index contributed by atoms with van der Waals surface area (Å²) in [5, 5.41) is 7.02. The van der Waals surface area contributed by atoms with E-state index in [9.17, 15) is 4.79 Å². The Morgan fingerprint density at radius 1 is 1.55 bits per heavy atom. The molecule has 0 atom stereocenters. The molecule has 3 rings (SSSR count). The first-order chi connectivity index (χ1) is 9.69. The molecule has 0 aliphatic heterocycles. The predicted octanol–water partition coefficient (Wildman–Crippen LogP) is 1.97. The lowest BCUT2D eigenvalue weighted by Gasteiger charge is -2.06. The molecular formula is C14H18N4OS. The summed E-state index contributed by atoms with van der Waals surface area (Å²) in [5.74, 6) is -0.157. The summed E-state index contributed by atoms with van der Waals surface area (Å²) in [6.45, 7) is 3.13. The van der Waals surface area contributed by atoms with Crippen LogP contribution in [-0.4, -0.2) is 15.7 Å². The summed E-state index contributed by atoms with van der Waals surface area (Å²) >= 11 is 1.81. The molecule has 0 saturated heterocycles. The lowest BCUT2D eigenvalue weighted by atomic mass is 10.2. The van der Waals surface area contributed by atoms with E-state index in [1.165, 1.54) is 40.8 Å². The van der Waals surface area contributed by atoms with E-state index in [1.807, 2.05) is 6.92 Å². The number of carbonyl (C=O) groups is 1. The molecule has 0 unspecified atom stereocenters. The van der Waals surface area contributed by atoms with Gasteiger partial charge in [0.25, 0.3) is 5.91 Å². The highest BCUT2D eigenvalue weighted by atomic mass is 32.1. The van der Waals surface area contributed by atoms with Crippen molar-refractivity contribution in [1.29, 1.82) is 0 Å². The zero-order valence-electron chi connectivity index (χ0n) is 11.5. The zero-order valence-corrected chi connectivity index (χ0v) is 12.3. The smallest absolute Gasteiger partial charge is 0.271 e. The highest BCUT2D eigenvalue weighted by Gasteiger charge is 2.18. The molecule has 6 heteroatoms. The number of hydrogen-bond acceptors (Lipinski definition) is 4. The number of aryl methyl sites for hydroxylation is 3. The van der Waals surface area contributed by atoms with Crippen molar-refractivity contribution in [3.8, 4) is 0 Å². The van der Waals surface area contributed by atoms with Gasteiger partial charge in [-0.2, -0.15) is 5.10 Å². The first kappa shape index (κ1) is 13.2. The van der Waals surface area contributed by atoms with Crippen LogP contribution in [0.1, 0.15) is 39.2 Å². The molecule has 2 heterocycles. The summed E-state index contributed by atoms with van der Waals surface area (Å²) in [6.07, 6.45) is 5.15. The number of anilines is 1. The average molecular weight is 290 g/mol. The van der Waals surface area contributed by atoms with Crippen LogP contribution in [0, 0.1) is 0 Å². The monoisotopic (exact) mass is 290 g/mol. The number of nitrogens with two attached hydrogens (primary N) is 1. The Hall–Kier alpha value is -1.82. The summed E-state index contributed by atoms with van der Waals surface area (Å²) in [6, 6.07) is 2.22. The van der Waals surface area contributed by atoms with Gasteiger partial charge in [0.05, 0.1) is 18.4 Å². The molecule has 5 nitrogen and oxygen atoms in total. The van der Waals surface area contributed by atoms with E-state index in [-0.39, 0.29) is 5.91 Å². The predicted molar refractivity (Wildman–Crippen MR) is 79.8 cm³/mol. The maximum Gasteiger partial charge on any atom is 0.271 e. The minimum atomic E-state index is -0.157. The molecule has 3 N–H and O–H groups in total. The van der Waals surface area contributed by atoms with E-state index in [0.29, 0.717) is 24.5 Å². The minimum absolute atomic E-state index is 0.157. The highest BCUT2D eigenvalue weighted by molar-refractivity contribution is 7.12. The Balaban J connectivity index is 1.68. The Morgan fingerprint density at radius 3 is 3.15 bits per heavy atom. The first-order valence-corrected chi connectivity index (χ1v) is 7.70. The largest absolute Gasteiger partial charge is 0.396 e. The van der Waals surface area contributed by atoms with Gasteiger partial charge in [0.1, 0.15) is 5.69 Å². The van der Waals surface area contributed by atoms with E-state index in [2.05, 4.69) is 16.5 Å². The molecule has 0 saturated carbocycles. The van der Waals surface area contributed by atoms with E-state index >= 15 is 0 Å². The van der Waals surface area contributed by atoms with Crippen molar-refractivity contribution in [3.63, 3.8) is 0 Å². The summed E-state index contributed by atoms with van der Waals surface area (Å²) in [4.78, 5) is 14.9. The molecule has 0 bridgehead atoms. The Morgan fingerprint density at radius 2 is 2.40 bits per heavy atom. The van der Waals surface area contributed by atoms with Crippen LogP contribution in [-0.2, 0) is 25.9 Å². The molecule has 2 aromatic heterocycles. The van der Waals surface area contributed by atoms with Crippen LogP contribution in [0.5, 0.6) is 0 Å². The summed E-state index contributed by atoms with van der Waals surface area (Å²) < 4.78 is 1.62. The fourth-order valence-electron chi connectivity index (χ4n) is 2.62. The number of rotatable bonds is 4. The standard InChI is InChI=1S/C14H18N4OS/c1-2-18-13(11(15)8-17-18)14(19)16-7-10-6-9-4-3-5-12(9)20-10/h6,8H,2-5,7,15H2,1H3,(H,16,19). The summed E-state index contributed by atoms with van der Waals surface area (Å²) in [7, 11) is 0. The number of carbonyl (C=O) groups excluding carboxylic acids is 1. The van der Waals surface area contributed by atoms with Crippen molar-refractivity contribution in [1.82, 2.24) is 15.1 Å². The third-order valence-corrected chi connectivity index (χ3v) is 4.84. The fraction of sp³-hybridized carbons (Fsp3) is 0.429.